The summed E-state index contributed by atoms with van der Waals surface area (Å²) in [7, 11) is 0. The Bertz CT molecular complexity index is 908. The molecule has 0 bridgehead atoms. The summed E-state index contributed by atoms with van der Waals surface area (Å²) in [5, 5.41) is 6.66. The average molecular weight is 537 g/mol. The SMILES string of the molecule is CCNC(=NCc1cccc(Cn2ccnc2C)c1)NCCCOCc1ccco1.I. The number of nitrogens with one attached hydrogen (secondary N) is 2. The molecule has 0 saturated carbocycles. The maximum absolute atomic E-state index is 5.61. The van der Waals surface area contributed by atoms with E-state index < -0.39 is 0 Å². The van der Waals surface area contributed by atoms with E-state index in [2.05, 4.69) is 51.4 Å². The molecule has 0 spiro atoms. The molecular weight excluding hydrogens is 505 g/mol. The zero-order valence-corrected chi connectivity index (χ0v) is 20.5. The Kier molecular flexibility index (Phi) is 11.2. The van der Waals surface area contributed by atoms with Gasteiger partial charge in [0.25, 0.3) is 0 Å². The molecule has 0 atom stereocenters. The van der Waals surface area contributed by atoms with Crippen LogP contribution in [0.2, 0.25) is 0 Å². The zero-order chi connectivity index (χ0) is 21.0. The van der Waals surface area contributed by atoms with E-state index >= 15 is 0 Å². The third-order valence-electron chi connectivity index (χ3n) is 4.61. The van der Waals surface area contributed by atoms with Crippen LogP contribution in [0, 0.1) is 6.92 Å². The summed E-state index contributed by atoms with van der Waals surface area (Å²) in [6, 6.07) is 12.3. The highest BCUT2D eigenvalue weighted by Crippen LogP contribution is 2.10. The van der Waals surface area contributed by atoms with Gasteiger partial charge in [0.15, 0.2) is 5.96 Å². The van der Waals surface area contributed by atoms with Gasteiger partial charge < -0.3 is 24.4 Å². The molecule has 0 radical (unpaired) electrons. The molecule has 0 fully saturated rings. The molecule has 0 aliphatic heterocycles. The summed E-state index contributed by atoms with van der Waals surface area (Å²) in [6.07, 6.45) is 6.39. The molecule has 3 rings (SSSR count). The third kappa shape index (κ3) is 8.74. The number of halogens is 1. The number of benzene rings is 1. The largest absolute Gasteiger partial charge is 0.467 e. The van der Waals surface area contributed by atoms with E-state index in [4.69, 9.17) is 14.1 Å². The second-order valence-electron chi connectivity index (χ2n) is 7.03. The number of furan rings is 1. The van der Waals surface area contributed by atoms with Crippen LogP contribution in [-0.4, -0.2) is 35.2 Å². The maximum Gasteiger partial charge on any atom is 0.191 e. The van der Waals surface area contributed by atoms with Gasteiger partial charge in [0.1, 0.15) is 18.2 Å². The lowest BCUT2D eigenvalue weighted by Crippen LogP contribution is -2.38. The van der Waals surface area contributed by atoms with Crippen LogP contribution in [0.15, 0.2) is 64.5 Å². The van der Waals surface area contributed by atoms with Crippen molar-refractivity contribution < 1.29 is 9.15 Å². The summed E-state index contributed by atoms with van der Waals surface area (Å²) in [5.41, 5.74) is 2.43. The van der Waals surface area contributed by atoms with Crippen molar-refractivity contribution >= 4 is 29.9 Å². The molecule has 0 amide bonds. The highest BCUT2D eigenvalue weighted by molar-refractivity contribution is 14.0. The number of imidazole rings is 1. The summed E-state index contributed by atoms with van der Waals surface area (Å²) in [5.74, 6) is 2.69. The van der Waals surface area contributed by atoms with Gasteiger partial charge in [-0.15, -0.1) is 24.0 Å². The topological polar surface area (TPSA) is 76.6 Å². The van der Waals surface area contributed by atoms with Crippen LogP contribution in [0.25, 0.3) is 0 Å². The van der Waals surface area contributed by atoms with Crippen molar-refractivity contribution in [3.63, 3.8) is 0 Å². The van der Waals surface area contributed by atoms with Gasteiger partial charge in [0, 0.05) is 38.6 Å². The number of rotatable bonds is 11. The monoisotopic (exact) mass is 537 g/mol. The lowest BCUT2D eigenvalue weighted by atomic mass is 10.1. The molecule has 2 aromatic heterocycles. The van der Waals surface area contributed by atoms with E-state index in [1.165, 1.54) is 11.1 Å². The fraction of sp³-hybridized carbons (Fsp3) is 0.391. The summed E-state index contributed by atoms with van der Waals surface area (Å²) < 4.78 is 13.0. The molecule has 7 nitrogen and oxygen atoms in total. The Morgan fingerprint density at radius 3 is 2.81 bits per heavy atom. The van der Waals surface area contributed by atoms with Crippen molar-refractivity contribution in [1.29, 1.82) is 0 Å². The number of aryl methyl sites for hydroxylation is 1. The molecule has 31 heavy (non-hydrogen) atoms. The number of guanidine groups is 1. The van der Waals surface area contributed by atoms with Crippen LogP contribution in [-0.2, 0) is 24.4 Å². The van der Waals surface area contributed by atoms with Gasteiger partial charge >= 0.3 is 0 Å². The Morgan fingerprint density at radius 1 is 1.19 bits per heavy atom. The minimum absolute atomic E-state index is 0. The quantitative estimate of drug-likeness (QED) is 0.167. The van der Waals surface area contributed by atoms with Crippen LogP contribution in [0.4, 0.5) is 0 Å². The van der Waals surface area contributed by atoms with Crippen LogP contribution < -0.4 is 10.6 Å². The summed E-state index contributed by atoms with van der Waals surface area (Å²) in [6.45, 7) is 8.33. The Morgan fingerprint density at radius 2 is 2.06 bits per heavy atom. The van der Waals surface area contributed by atoms with Crippen molar-refractivity contribution in [2.45, 2.75) is 40.0 Å². The molecule has 0 saturated heterocycles. The minimum atomic E-state index is 0. The lowest BCUT2D eigenvalue weighted by molar-refractivity contribution is 0.105. The predicted molar refractivity (Wildman–Crippen MR) is 134 cm³/mol. The molecule has 0 aliphatic carbocycles. The first kappa shape index (κ1) is 24.9. The van der Waals surface area contributed by atoms with Crippen LogP contribution in [0.1, 0.15) is 36.1 Å². The van der Waals surface area contributed by atoms with Crippen LogP contribution in [0.3, 0.4) is 0 Å². The lowest BCUT2D eigenvalue weighted by Gasteiger charge is -2.12. The molecule has 2 heterocycles. The van der Waals surface area contributed by atoms with E-state index in [1.807, 2.05) is 31.5 Å². The van der Waals surface area contributed by atoms with Gasteiger partial charge in [-0.2, -0.15) is 0 Å². The van der Waals surface area contributed by atoms with E-state index in [1.54, 1.807) is 6.26 Å². The smallest absolute Gasteiger partial charge is 0.191 e. The van der Waals surface area contributed by atoms with Crippen molar-refractivity contribution in [2.75, 3.05) is 19.7 Å². The zero-order valence-electron chi connectivity index (χ0n) is 18.2. The van der Waals surface area contributed by atoms with E-state index in [0.29, 0.717) is 19.8 Å². The van der Waals surface area contributed by atoms with Gasteiger partial charge in [-0.3, -0.25) is 0 Å². The van der Waals surface area contributed by atoms with Gasteiger partial charge in [0.05, 0.1) is 12.8 Å². The summed E-state index contributed by atoms with van der Waals surface area (Å²) in [4.78, 5) is 9.00. The van der Waals surface area contributed by atoms with Gasteiger partial charge in [-0.05, 0) is 43.5 Å². The number of aromatic nitrogens is 2. The number of aliphatic imine (C=N–C) groups is 1. The van der Waals surface area contributed by atoms with Crippen molar-refractivity contribution in [1.82, 2.24) is 20.2 Å². The molecule has 1 aromatic carbocycles. The fourth-order valence-electron chi connectivity index (χ4n) is 3.05. The van der Waals surface area contributed by atoms with Gasteiger partial charge in [-0.25, -0.2) is 9.98 Å². The average Bonchev–Trinajstić information content (AvgIpc) is 3.41. The Balaban J connectivity index is 0.00000341. The van der Waals surface area contributed by atoms with Crippen molar-refractivity contribution in [2.24, 2.45) is 4.99 Å². The highest BCUT2D eigenvalue weighted by Gasteiger charge is 2.02. The third-order valence-corrected chi connectivity index (χ3v) is 4.61. The molecule has 0 unspecified atom stereocenters. The molecule has 3 aromatic rings. The van der Waals surface area contributed by atoms with E-state index in [0.717, 1.165) is 43.6 Å². The molecule has 168 valence electrons. The highest BCUT2D eigenvalue weighted by atomic mass is 127. The van der Waals surface area contributed by atoms with Crippen LogP contribution >= 0.6 is 24.0 Å². The summed E-state index contributed by atoms with van der Waals surface area (Å²) >= 11 is 0. The predicted octanol–water partition coefficient (Wildman–Crippen LogP) is 4.11. The minimum Gasteiger partial charge on any atom is -0.467 e. The van der Waals surface area contributed by atoms with Crippen molar-refractivity contribution in [3.05, 3.63) is 77.8 Å². The second-order valence-corrected chi connectivity index (χ2v) is 7.03. The number of ether oxygens (including phenoxy) is 1. The van der Waals surface area contributed by atoms with Gasteiger partial charge in [0.2, 0.25) is 0 Å². The van der Waals surface area contributed by atoms with Gasteiger partial charge in [-0.1, -0.05) is 24.3 Å². The number of hydrogen-bond donors (Lipinski definition) is 2. The molecule has 2 N–H and O–H groups in total. The number of nitrogens with zero attached hydrogens (tertiary/aromatic N) is 3. The first-order chi connectivity index (χ1) is 14.7. The Hall–Kier alpha value is -2.33. The number of hydrogen-bond acceptors (Lipinski definition) is 4. The first-order valence-corrected chi connectivity index (χ1v) is 10.4. The van der Waals surface area contributed by atoms with E-state index in [9.17, 15) is 0 Å². The fourth-order valence-corrected chi connectivity index (χ4v) is 3.05. The Labute approximate surface area is 201 Å². The molecule has 8 heteroatoms. The first-order valence-electron chi connectivity index (χ1n) is 10.4. The molecule has 0 aliphatic rings. The van der Waals surface area contributed by atoms with Crippen molar-refractivity contribution in [3.8, 4) is 0 Å². The molecular formula is C23H32IN5O2. The second kappa shape index (κ2) is 13.9. The maximum atomic E-state index is 5.61. The van der Waals surface area contributed by atoms with E-state index in [-0.39, 0.29) is 24.0 Å². The normalized spacial score (nSPS) is 11.2. The van der Waals surface area contributed by atoms with Crippen LogP contribution in [0.5, 0.6) is 0 Å². The standard InChI is InChI=1S/C23H31N5O2.HI/c1-3-24-23(26-10-6-13-29-18-22-9-5-14-30-22)27-16-20-7-4-8-21(15-20)17-28-12-11-25-19(28)2;/h4-5,7-9,11-12,14-15H,3,6,10,13,16-18H2,1-2H3,(H2,24,26,27);1H.